The Morgan fingerprint density at radius 1 is 1.19 bits per heavy atom. The Kier molecular flexibility index (Phi) is 5.85. The molecule has 2 aromatic rings. The van der Waals surface area contributed by atoms with Crippen molar-refractivity contribution in [1.82, 2.24) is 10.2 Å². The maximum atomic E-state index is 13.2. The summed E-state index contributed by atoms with van der Waals surface area (Å²) in [6, 6.07) is 15.0. The lowest BCUT2D eigenvalue weighted by Gasteiger charge is -2.44. The van der Waals surface area contributed by atoms with E-state index in [0.29, 0.717) is 30.1 Å². The molecule has 0 fully saturated rings. The molecular weight excluding hydrogens is 360 g/mol. The normalized spacial score (nSPS) is 18.9. The molecule has 0 aromatic heterocycles. The van der Waals surface area contributed by atoms with Crippen LogP contribution in [-0.4, -0.2) is 28.8 Å². The van der Waals surface area contributed by atoms with Crippen LogP contribution in [0.3, 0.4) is 0 Å². The van der Waals surface area contributed by atoms with Crippen LogP contribution in [0.5, 0.6) is 0 Å². The van der Waals surface area contributed by atoms with Gasteiger partial charge in [-0.2, -0.15) is 0 Å². The second-order valence-electron chi connectivity index (χ2n) is 7.23. The van der Waals surface area contributed by atoms with E-state index in [9.17, 15) is 9.59 Å². The zero-order valence-electron chi connectivity index (χ0n) is 15.8. The largest absolute Gasteiger partial charge is 0.350 e. The number of rotatable bonds is 6. The molecule has 0 bridgehead atoms. The van der Waals surface area contributed by atoms with Crippen LogP contribution >= 0.6 is 11.6 Å². The van der Waals surface area contributed by atoms with Gasteiger partial charge in [0, 0.05) is 30.1 Å². The third kappa shape index (κ3) is 4.01. The summed E-state index contributed by atoms with van der Waals surface area (Å²) in [7, 11) is 0. The van der Waals surface area contributed by atoms with Crippen LogP contribution in [0.25, 0.3) is 0 Å². The Bertz CT molecular complexity index is 834. The van der Waals surface area contributed by atoms with Crippen molar-refractivity contribution in [3.8, 4) is 0 Å². The first-order chi connectivity index (χ1) is 13.0. The Balaban J connectivity index is 1.83. The number of benzene rings is 2. The van der Waals surface area contributed by atoms with Crippen LogP contribution in [0.2, 0.25) is 5.02 Å². The van der Waals surface area contributed by atoms with Crippen LogP contribution in [0.15, 0.2) is 48.5 Å². The summed E-state index contributed by atoms with van der Waals surface area (Å²) in [6.45, 7) is 4.94. The first kappa shape index (κ1) is 19.4. The number of nitrogens with one attached hydrogen (secondary N) is 1. The molecular formula is C22H25ClN2O2. The highest BCUT2D eigenvalue weighted by Crippen LogP contribution is 2.31. The minimum absolute atomic E-state index is 0.0607. The summed E-state index contributed by atoms with van der Waals surface area (Å²) in [4.78, 5) is 28.0. The van der Waals surface area contributed by atoms with Gasteiger partial charge in [0.25, 0.3) is 5.91 Å². The molecule has 0 saturated heterocycles. The number of unbranched alkanes of at least 4 members (excludes halogenated alkanes) is 1. The highest BCUT2D eigenvalue weighted by atomic mass is 35.5. The fourth-order valence-electron chi connectivity index (χ4n) is 3.56. The second kappa shape index (κ2) is 8.13. The zero-order chi connectivity index (χ0) is 19.4. The second-order valence-corrected chi connectivity index (χ2v) is 7.66. The molecule has 0 saturated carbocycles. The highest BCUT2D eigenvalue weighted by molar-refractivity contribution is 6.30. The Morgan fingerprint density at radius 2 is 1.89 bits per heavy atom. The summed E-state index contributed by atoms with van der Waals surface area (Å²) < 4.78 is 0. The summed E-state index contributed by atoms with van der Waals surface area (Å²) in [6.07, 6.45) is 2.35. The van der Waals surface area contributed by atoms with Gasteiger partial charge in [-0.25, -0.2) is 0 Å². The molecule has 0 spiro atoms. The molecule has 0 unspecified atom stereocenters. The van der Waals surface area contributed by atoms with Crippen molar-refractivity contribution in [3.05, 3.63) is 70.2 Å². The average molecular weight is 385 g/mol. The molecule has 142 valence electrons. The van der Waals surface area contributed by atoms with Crippen molar-refractivity contribution in [1.29, 1.82) is 0 Å². The van der Waals surface area contributed by atoms with Crippen LogP contribution in [-0.2, 0) is 17.8 Å². The van der Waals surface area contributed by atoms with Crippen LogP contribution < -0.4 is 5.32 Å². The number of halogens is 1. The average Bonchev–Trinajstić information content (AvgIpc) is 2.67. The SMILES string of the molecule is CCCCN1C(=O)c2ccccc2C[C@@]1(C)C(=O)NCc1ccc(Cl)cc1. The summed E-state index contributed by atoms with van der Waals surface area (Å²) in [5.74, 6) is -0.189. The van der Waals surface area contributed by atoms with Crippen LogP contribution in [0.4, 0.5) is 0 Å². The van der Waals surface area contributed by atoms with E-state index >= 15 is 0 Å². The molecule has 2 amide bonds. The summed E-state index contributed by atoms with van der Waals surface area (Å²) in [5, 5.41) is 3.67. The van der Waals surface area contributed by atoms with Crippen LogP contribution in [0, 0.1) is 0 Å². The molecule has 1 N–H and O–H groups in total. The van der Waals surface area contributed by atoms with Gasteiger partial charge in [-0.3, -0.25) is 9.59 Å². The molecule has 27 heavy (non-hydrogen) atoms. The Hall–Kier alpha value is -2.33. The van der Waals surface area contributed by atoms with E-state index in [1.54, 1.807) is 17.0 Å². The molecule has 4 nitrogen and oxygen atoms in total. The molecule has 1 aliphatic heterocycles. The van der Waals surface area contributed by atoms with Gasteiger partial charge in [-0.05, 0) is 42.7 Å². The number of hydrogen-bond acceptors (Lipinski definition) is 2. The molecule has 1 atom stereocenters. The summed E-state index contributed by atoms with van der Waals surface area (Å²) in [5.41, 5.74) is 1.71. The van der Waals surface area contributed by atoms with E-state index in [-0.39, 0.29) is 11.8 Å². The van der Waals surface area contributed by atoms with Crippen molar-refractivity contribution in [3.63, 3.8) is 0 Å². The van der Waals surface area contributed by atoms with Gasteiger partial charge in [0.1, 0.15) is 5.54 Å². The standard InChI is InChI=1S/C22H25ClN2O2/c1-3-4-13-25-20(26)19-8-6-5-7-17(19)14-22(25,2)21(27)24-15-16-9-11-18(23)12-10-16/h5-12H,3-4,13-15H2,1-2H3,(H,24,27)/t22-/m0/s1. The third-order valence-electron chi connectivity index (χ3n) is 5.21. The monoisotopic (exact) mass is 384 g/mol. The van der Waals surface area contributed by atoms with Gasteiger partial charge in [0.05, 0.1) is 0 Å². The lowest BCUT2D eigenvalue weighted by atomic mass is 9.82. The maximum absolute atomic E-state index is 13.2. The van der Waals surface area contributed by atoms with Crippen molar-refractivity contribution in [2.75, 3.05) is 6.54 Å². The topological polar surface area (TPSA) is 49.4 Å². The Morgan fingerprint density at radius 3 is 2.59 bits per heavy atom. The van der Waals surface area contributed by atoms with Crippen molar-refractivity contribution in [2.24, 2.45) is 0 Å². The fourth-order valence-corrected chi connectivity index (χ4v) is 3.69. The first-order valence-corrected chi connectivity index (χ1v) is 9.76. The van der Waals surface area contributed by atoms with E-state index in [0.717, 1.165) is 24.0 Å². The van der Waals surface area contributed by atoms with E-state index in [1.165, 1.54) is 0 Å². The lowest BCUT2D eigenvalue weighted by Crippen LogP contribution is -2.62. The molecule has 3 rings (SSSR count). The minimum Gasteiger partial charge on any atom is -0.350 e. The van der Waals surface area contributed by atoms with Crippen molar-refractivity contribution >= 4 is 23.4 Å². The van der Waals surface area contributed by atoms with E-state index < -0.39 is 5.54 Å². The number of carbonyl (C=O) groups excluding carboxylic acids is 2. The van der Waals surface area contributed by atoms with Gasteiger partial charge in [0.2, 0.25) is 5.91 Å². The smallest absolute Gasteiger partial charge is 0.255 e. The molecule has 0 aliphatic carbocycles. The quantitative estimate of drug-likeness (QED) is 0.810. The predicted molar refractivity (Wildman–Crippen MR) is 108 cm³/mol. The fraction of sp³-hybridized carbons (Fsp3) is 0.364. The van der Waals surface area contributed by atoms with Crippen LogP contribution in [0.1, 0.15) is 48.2 Å². The molecule has 1 aliphatic rings. The lowest BCUT2D eigenvalue weighted by molar-refractivity contribution is -0.131. The molecule has 1 heterocycles. The van der Waals surface area contributed by atoms with Gasteiger partial charge in [0.15, 0.2) is 0 Å². The van der Waals surface area contributed by atoms with Gasteiger partial charge < -0.3 is 10.2 Å². The maximum Gasteiger partial charge on any atom is 0.255 e. The molecule has 0 radical (unpaired) electrons. The van der Waals surface area contributed by atoms with Gasteiger partial charge in [-0.15, -0.1) is 0 Å². The van der Waals surface area contributed by atoms with Gasteiger partial charge >= 0.3 is 0 Å². The minimum atomic E-state index is -0.896. The number of fused-ring (bicyclic) bond motifs is 1. The van der Waals surface area contributed by atoms with Crippen molar-refractivity contribution < 1.29 is 9.59 Å². The highest BCUT2D eigenvalue weighted by Gasteiger charge is 2.46. The number of hydrogen-bond donors (Lipinski definition) is 1. The van der Waals surface area contributed by atoms with Gasteiger partial charge in [-0.1, -0.05) is 55.3 Å². The van der Waals surface area contributed by atoms with Crippen molar-refractivity contribution in [2.45, 2.75) is 45.2 Å². The number of carbonyl (C=O) groups is 2. The third-order valence-corrected chi connectivity index (χ3v) is 5.47. The Labute approximate surface area is 165 Å². The number of amides is 2. The number of nitrogens with zero attached hydrogens (tertiary/aromatic N) is 1. The van der Waals surface area contributed by atoms with E-state index in [2.05, 4.69) is 12.2 Å². The predicted octanol–water partition coefficient (Wildman–Crippen LogP) is 4.21. The summed E-state index contributed by atoms with van der Waals surface area (Å²) >= 11 is 5.92. The van der Waals surface area contributed by atoms with E-state index in [4.69, 9.17) is 11.6 Å². The zero-order valence-corrected chi connectivity index (χ0v) is 16.6. The first-order valence-electron chi connectivity index (χ1n) is 9.38. The molecule has 5 heteroatoms. The molecule has 2 aromatic carbocycles. The van der Waals surface area contributed by atoms with E-state index in [1.807, 2.05) is 43.3 Å².